The van der Waals surface area contributed by atoms with Crippen molar-refractivity contribution in [2.24, 2.45) is 0 Å². The minimum absolute atomic E-state index is 0.280. The molecule has 2 aliphatic rings. The van der Waals surface area contributed by atoms with Crippen LogP contribution < -0.4 is 4.74 Å². The zero-order valence-electron chi connectivity index (χ0n) is 17.8. The molecule has 0 spiro atoms. The lowest BCUT2D eigenvalue weighted by Gasteiger charge is -2.24. The van der Waals surface area contributed by atoms with Gasteiger partial charge in [0.15, 0.2) is 9.84 Å². The fourth-order valence-electron chi connectivity index (χ4n) is 3.50. The molecule has 0 bridgehead atoms. The quantitative estimate of drug-likeness (QED) is 0.407. The highest BCUT2D eigenvalue weighted by Crippen LogP contribution is 2.40. The van der Waals surface area contributed by atoms with E-state index in [4.69, 9.17) is 33.3 Å². The molecule has 0 fully saturated rings. The van der Waals surface area contributed by atoms with E-state index in [1.54, 1.807) is 36.6 Å². The van der Waals surface area contributed by atoms with Crippen molar-refractivity contribution in [3.05, 3.63) is 107 Å². The number of fused-ring (bicyclic) bond motifs is 1. The number of benzene rings is 3. The van der Waals surface area contributed by atoms with Crippen LogP contribution in [-0.2, 0) is 21.0 Å². The largest absolute Gasteiger partial charge is 0.496 e. The molecule has 7 heteroatoms. The molecule has 3 aromatic carbocycles. The van der Waals surface area contributed by atoms with E-state index in [-0.39, 0.29) is 4.90 Å². The molecule has 0 N–H and O–H groups in total. The Balaban J connectivity index is 0.000000376. The third-order valence-corrected chi connectivity index (χ3v) is 6.86. The van der Waals surface area contributed by atoms with Gasteiger partial charge in [-0.25, -0.2) is 8.42 Å². The first-order valence-electron chi connectivity index (χ1n) is 10.2. The number of rotatable bonds is 3. The number of sulfone groups is 1. The van der Waals surface area contributed by atoms with Gasteiger partial charge in [0, 0.05) is 34.4 Å². The van der Waals surface area contributed by atoms with Gasteiger partial charge in [-0.05, 0) is 48.0 Å². The third-order valence-electron chi connectivity index (χ3n) is 5.15. The molecule has 2 heterocycles. The van der Waals surface area contributed by atoms with Crippen LogP contribution in [-0.4, -0.2) is 26.1 Å². The Morgan fingerprint density at radius 3 is 2.24 bits per heavy atom. The molecule has 0 saturated carbocycles. The van der Waals surface area contributed by atoms with E-state index in [9.17, 15) is 8.42 Å². The van der Waals surface area contributed by atoms with Gasteiger partial charge in [-0.1, -0.05) is 60.2 Å². The molecule has 2 aliphatic heterocycles. The van der Waals surface area contributed by atoms with Crippen molar-refractivity contribution in [2.45, 2.75) is 11.3 Å². The van der Waals surface area contributed by atoms with Crippen molar-refractivity contribution in [1.82, 2.24) is 0 Å². The van der Waals surface area contributed by atoms with Crippen molar-refractivity contribution in [3.63, 3.8) is 0 Å². The summed E-state index contributed by atoms with van der Waals surface area (Å²) in [5.41, 5.74) is 3.79. The van der Waals surface area contributed by atoms with Crippen molar-refractivity contribution in [2.75, 3.05) is 12.9 Å². The molecule has 0 atom stereocenters. The van der Waals surface area contributed by atoms with Crippen molar-refractivity contribution in [3.8, 4) is 5.75 Å². The smallest absolute Gasteiger partial charge is 0.175 e. The Morgan fingerprint density at radius 1 is 0.939 bits per heavy atom. The highest BCUT2D eigenvalue weighted by molar-refractivity contribution is 7.90. The number of hydrogen-bond donors (Lipinski definition) is 0. The molecule has 33 heavy (non-hydrogen) atoms. The SMILES string of the molecule is CS(=O)(=O)c1ccc(C2=C(c3ccccc3Cl)Cc3ccccc3O2)cc1.S=C1C=COC1. The minimum Gasteiger partial charge on any atom is -0.496 e. The normalized spacial score (nSPS) is 14.7. The average Bonchev–Trinajstić information content (AvgIpc) is 3.29. The van der Waals surface area contributed by atoms with Gasteiger partial charge >= 0.3 is 0 Å². The topological polar surface area (TPSA) is 52.6 Å². The number of halogens is 1. The van der Waals surface area contributed by atoms with E-state index >= 15 is 0 Å². The molecule has 3 aromatic rings. The number of para-hydroxylation sites is 1. The van der Waals surface area contributed by atoms with E-state index in [0.29, 0.717) is 23.8 Å². The molecule has 0 aromatic heterocycles. The molecule has 0 saturated heterocycles. The van der Waals surface area contributed by atoms with Crippen LogP contribution in [0.4, 0.5) is 0 Å². The summed E-state index contributed by atoms with van der Waals surface area (Å²) in [5.74, 6) is 1.50. The average molecular weight is 497 g/mol. The molecule has 0 amide bonds. The molecule has 168 valence electrons. The van der Waals surface area contributed by atoms with Gasteiger partial charge in [0.2, 0.25) is 0 Å². The summed E-state index contributed by atoms with van der Waals surface area (Å²) in [6, 6.07) is 22.3. The lowest BCUT2D eigenvalue weighted by molar-refractivity contribution is 0.317. The Kier molecular flexibility index (Phi) is 6.98. The molecule has 4 nitrogen and oxygen atoms in total. The van der Waals surface area contributed by atoms with Gasteiger partial charge < -0.3 is 9.47 Å². The Labute approximate surface area is 204 Å². The Bertz CT molecular complexity index is 1360. The second-order valence-corrected chi connectivity index (χ2v) is 10.5. The second-order valence-electron chi connectivity index (χ2n) is 7.55. The minimum atomic E-state index is -3.25. The van der Waals surface area contributed by atoms with Gasteiger partial charge in [-0.2, -0.15) is 0 Å². The van der Waals surface area contributed by atoms with Crippen LogP contribution in [0, 0.1) is 0 Å². The molecular formula is C26H21ClO4S2. The molecular weight excluding hydrogens is 476 g/mol. The number of thiocarbonyl (C=S) groups is 1. The lowest BCUT2D eigenvalue weighted by Crippen LogP contribution is -2.10. The summed E-state index contributed by atoms with van der Waals surface area (Å²) < 4.78 is 34.5. The van der Waals surface area contributed by atoms with Crippen molar-refractivity contribution in [1.29, 1.82) is 0 Å². The van der Waals surface area contributed by atoms with Gasteiger partial charge in [-0.3, -0.25) is 0 Å². The molecule has 0 radical (unpaired) electrons. The summed E-state index contributed by atoms with van der Waals surface area (Å²) >= 11 is 11.2. The van der Waals surface area contributed by atoms with Gasteiger partial charge in [0.1, 0.15) is 18.1 Å². The van der Waals surface area contributed by atoms with Gasteiger partial charge in [0.05, 0.1) is 16.0 Å². The summed E-state index contributed by atoms with van der Waals surface area (Å²) in [5, 5.41) is 0.653. The fraction of sp³-hybridized carbons (Fsp3) is 0.115. The maximum Gasteiger partial charge on any atom is 0.175 e. The third kappa shape index (κ3) is 5.53. The zero-order chi connectivity index (χ0) is 23.4. The highest BCUT2D eigenvalue weighted by atomic mass is 35.5. The highest BCUT2D eigenvalue weighted by Gasteiger charge is 2.23. The van der Waals surface area contributed by atoms with Gasteiger partial charge in [-0.15, -0.1) is 0 Å². The monoisotopic (exact) mass is 496 g/mol. The fourth-order valence-corrected chi connectivity index (χ4v) is 4.51. The second kappa shape index (κ2) is 9.91. The van der Waals surface area contributed by atoms with Gasteiger partial charge in [0.25, 0.3) is 0 Å². The zero-order valence-corrected chi connectivity index (χ0v) is 20.2. The van der Waals surface area contributed by atoms with Crippen LogP contribution in [0.25, 0.3) is 11.3 Å². The van der Waals surface area contributed by atoms with Crippen molar-refractivity contribution < 1.29 is 17.9 Å². The van der Waals surface area contributed by atoms with Crippen LogP contribution >= 0.6 is 23.8 Å². The predicted molar refractivity (Wildman–Crippen MR) is 136 cm³/mol. The first kappa shape index (κ1) is 23.2. The maximum atomic E-state index is 11.8. The summed E-state index contributed by atoms with van der Waals surface area (Å²) in [4.78, 5) is 1.16. The molecule has 0 aliphatic carbocycles. The standard InChI is InChI=1S/C22H17ClO3S.C4H4OS/c1-27(24,25)17-12-10-15(11-13-17)22-19(18-7-3-4-8-20(18)23)14-16-6-2-5-9-21(16)26-22;6-4-1-2-5-3-4/h2-13H,14H2,1H3;1-2H,3H2. The van der Waals surface area contributed by atoms with Crippen molar-refractivity contribution >= 4 is 49.9 Å². The van der Waals surface area contributed by atoms with Crippen LogP contribution in [0.5, 0.6) is 5.75 Å². The van der Waals surface area contributed by atoms with E-state index in [2.05, 4.69) is 0 Å². The maximum absolute atomic E-state index is 11.8. The van der Waals surface area contributed by atoms with E-state index in [0.717, 1.165) is 32.9 Å². The first-order valence-corrected chi connectivity index (χ1v) is 12.9. The van der Waals surface area contributed by atoms with Crippen LogP contribution in [0.15, 0.2) is 90.0 Å². The first-order chi connectivity index (χ1) is 15.8. The van der Waals surface area contributed by atoms with Crippen LogP contribution in [0.1, 0.15) is 16.7 Å². The predicted octanol–water partition coefficient (Wildman–Crippen LogP) is 6.15. The van der Waals surface area contributed by atoms with Crippen LogP contribution in [0.2, 0.25) is 5.02 Å². The van der Waals surface area contributed by atoms with E-state index < -0.39 is 9.84 Å². The number of allylic oxidation sites excluding steroid dienone is 1. The summed E-state index contributed by atoms with van der Waals surface area (Å²) in [6.45, 7) is 0.606. The number of ether oxygens (including phenoxy) is 2. The molecule has 0 unspecified atom stereocenters. The van der Waals surface area contributed by atoms with E-state index in [1.165, 1.54) is 6.26 Å². The Morgan fingerprint density at radius 2 is 1.64 bits per heavy atom. The Hall–Kier alpha value is -2.93. The van der Waals surface area contributed by atoms with Crippen LogP contribution in [0.3, 0.4) is 0 Å². The lowest BCUT2D eigenvalue weighted by atomic mass is 9.92. The summed E-state index contributed by atoms with van der Waals surface area (Å²) in [7, 11) is -3.25. The summed E-state index contributed by atoms with van der Waals surface area (Å²) in [6.07, 6.45) is 5.28. The number of hydrogen-bond acceptors (Lipinski definition) is 5. The van der Waals surface area contributed by atoms with E-state index in [1.807, 2.05) is 48.5 Å². The molecule has 5 rings (SSSR count).